The summed E-state index contributed by atoms with van der Waals surface area (Å²) in [5.74, 6) is -0.816. The number of aromatic hydroxyl groups is 1. The van der Waals surface area contributed by atoms with Crippen molar-refractivity contribution < 1.29 is 13.9 Å². The van der Waals surface area contributed by atoms with Gasteiger partial charge >= 0.3 is 0 Å². The van der Waals surface area contributed by atoms with Crippen LogP contribution in [-0.4, -0.2) is 15.3 Å². The Morgan fingerprint density at radius 2 is 1.60 bits per heavy atom. The molecule has 3 aromatic rings. The number of halogens is 2. The number of benzene rings is 2. The molecule has 20 heavy (non-hydrogen) atoms. The second-order valence-electron chi connectivity index (χ2n) is 4.34. The number of nitrogens with zero attached hydrogens (tertiary/aromatic N) is 1. The Hall–Kier alpha value is -2.69. The zero-order valence-electron chi connectivity index (χ0n) is 10.3. The average Bonchev–Trinajstić information content (AvgIpc) is 2.92. The molecule has 0 fully saturated rings. The van der Waals surface area contributed by atoms with Crippen LogP contribution < -0.4 is 0 Å². The third-order valence-corrected chi connectivity index (χ3v) is 2.97. The van der Waals surface area contributed by atoms with Crippen LogP contribution in [0.4, 0.5) is 8.78 Å². The molecule has 5 heteroatoms. The van der Waals surface area contributed by atoms with Crippen LogP contribution in [0.15, 0.2) is 48.5 Å². The van der Waals surface area contributed by atoms with E-state index >= 15 is 0 Å². The molecule has 0 saturated carbocycles. The van der Waals surface area contributed by atoms with Gasteiger partial charge in [0.2, 0.25) is 0 Å². The molecule has 0 aliphatic rings. The second-order valence-corrected chi connectivity index (χ2v) is 4.34. The summed E-state index contributed by atoms with van der Waals surface area (Å²) in [5, 5.41) is 16.6. The first-order valence-corrected chi connectivity index (χ1v) is 5.94. The highest BCUT2D eigenvalue weighted by atomic mass is 19.1. The molecule has 0 bridgehead atoms. The van der Waals surface area contributed by atoms with Gasteiger partial charge in [0, 0.05) is 11.1 Å². The first-order valence-electron chi connectivity index (χ1n) is 5.94. The highest BCUT2D eigenvalue weighted by Crippen LogP contribution is 2.30. The van der Waals surface area contributed by atoms with Gasteiger partial charge in [-0.15, -0.1) is 0 Å². The van der Waals surface area contributed by atoms with Crippen LogP contribution in [0, 0.1) is 11.6 Å². The Bertz CT molecular complexity index is 751. The SMILES string of the molecule is Oc1ccc(F)cc1-c1cc(-c2ccc(F)cc2)n[nH]1. The van der Waals surface area contributed by atoms with Crippen molar-refractivity contribution in [3.05, 3.63) is 60.2 Å². The van der Waals surface area contributed by atoms with Crippen LogP contribution in [0.3, 0.4) is 0 Å². The average molecular weight is 272 g/mol. The summed E-state index contributed by atoms with van der Waals surface area (Å²) in [7, 11) is 0. The Balaban J connectivity index is 2.01. The monoisotopic (exact) mass is 272 g/mol. The fourth-order valence-corrected chi connectivity index (χ4v) is 1.95. The lowest BCUT2D eigenvalue weighted by Crippen LogP contribution is -1.81. The number of hydrogen-bond acceptors (Lipinski definition) is 2. The molecule has 0 spiro atoms. The predicted octanol–water partition coefficient (Wildman–Crippen LogP) is 3.73. The summed E-state index contributed by atoms with van der Waals surface area (Å²) in [4.78, 5) is 0. The van der Waals surface area contributed by atoms with Gasteiger partial charge in [-0.05, 0) is 48.5 Å². The number of rotatable bonds is 2. The molecular weight excluding hydrogens is 262 g/mol. The fraction of sp³-hybridized carbons (Fsp3) is 0. The largest absolute Gasteiger partial charge is 0.507 e. The molecule has 0 atom stereocenters. The van der Waals surface area contributed by atoms with Gasteiger partial charge in [0.1, 0.15) is 17.4 Å². The van der Waals surface area contributed by atoms with Crippen molar-refractivity contribution in [2.75, 3.05) is 0 Å². The van der Waals surface area contributed by atoms with Gasteiger partial charge in [0.25, 0.3) is 0 Å². The van der Waals surface area contributed by atoms with Crippen LogP contribution in [0.25, 0.3) is 22.5 Å². The fourth-order valence-electron chi connectivity index (χ4n) is 1.95. The van der Waals surface area contributed by atoms with E-state index in [4.69, 9.17) is 0 Å². The maximum Gasteiger partial charge on any atom is 0.125 e. The van der Waals surface area contributed by atoms with Crippen molar-refractivity contribution in [2.24, 2.45) is 0 Å². The zero-order valence-corrected chi connectivity index (χ0v) is 10.3. The molecule has 3 nitrogen and oxygen atoms in total. The molecule has 100 valence electrons. The molecule has 1 heterocycles. The van der Waals surface area contributed by atoms with Gasteiger partial charge in [-0.2, -0.15) is 5.10 Å². The molecule has 0 saturated heterocycles. The van der Waals surface area contributed by atoms with Gasteiger partial charge < -0.3 is 5.11 Å². The van der Waals surface area contributed by atoms with Crippen LogP contribution in [0.2, 0.25) is 0 Å². The van der Waals surface area contributed by atoms with E-state index < -0.39 is 5.82 Å². The van der Waals surface area contributed by atoms with Crippen molar-refractivity contribution >= 4 is 0 Å². The minimum Gasteiger partial charge on any atom is -0.507 e. The van der Waals surface area contributed by atoms with E-state index in [0.717, 1.165) is 5.56 Å². The first-order chi connectivity index (χ1) is 9.63. The number of aromatic nitrogens is 2. The van der Waals surface area contributed by atoms with E-state index in [2.05, 4.69) is 10.2 Å². The highest BCUT2D eigenvalue weighted by Gasteiger charge is 2.10. The zero-order chi connectivity index (χ0) is 14.1. The summed E-state index contributed by atoms with van der Waals surface area (Å²) in [5.41, 5.74) is 2.13. The molecule has 0 radical (unpaired) electrons. The number of phenolic OH excluding ortho intramolecular Hbond substituents is 1. The van der Waals surface area contributed by atoms with Crippen molar-refractivity contribution in [1.82, 2.24) is 10.2 Å². The van der Waals surface area contributed by atoms with Gasteiger partial charge in [0.15, 0.2) is 0 Å². The topological polar surface area (TPSA) is 48.9 Å². The number of aromatic amines is 1. The van der Waals surface area contributed by atoms with Crippen molar-refractivity contribution in [1.29, 1.82) is 0 Å². The molecule has 1 aromatic heterocycles. The summed E-state index contributed by atoms with van der Waals surface area (Å²) in [6.45, 7) is 0. The smallest absolute Gasteiger partial charge is 0.125 e. The number of nitrogens with one attached hydrogen (secondary N) is 1. The van der Waals surface area contributed by atoms with Crippen molar-refractivity contribution in [3.8, 4) is 28.3 Å². The highest BCUT2D eigenvalue weighted by molar-refractivity contribution is 5.71. The van der Waals surface area contributed by atoms with Crippen molar-refractivity contribution in [2.45, 2.75) is 0 Å². The lowest BCUT2D eigenvalue weighted by atomic mass is 10.1. The van der Waals surface area contributed by atoms with E-state index in [1.165, 1.54) is 30.3 Å². The Morgan fingerprint density at radius 1 is 0.900 bits per heavy atom. The normalized spacial score (nSPS) is 10.7. The maximum absolute atomic E-state index is 13.2. The van der Waals surface area contributed by atoms with Gasteiger partial charge in [0.05, 0.1) is 11.4 Å². The summed E-state index contributed by atoms with van der Waals surface area (Å²) in [6, 6.07) is 11.2. The lowest BCUT2D eigenvalue weighted by molar-refractivity contribution is 0.475. The minimum absolute atomic E-state index is 0.0410. The van der Waals surface area contributed by atoms with E-state index in [1.54, 1.807) is 18.2 Å². The number of phenols is 1. The first kappa shape index (κ1) is 12.3. The quantitative estimate of drug-likeness (QED) is 0.746. The molecular formula is C15H10F2N2O. The third-order valence-electron chi connectivity index (χ3n) is 2.97. The summed E-state index contributed by atoms with van der Waals surface area (Å²) >= 11 is 0. The molecule has 3 rings (SSSR count). The summed E-state index contributed by atoms with van der Waals surface area (Å²) < 4.78 is 26.1. The van der Waals surface area contributed by atoms with E-state index in [9.17, 15) is 13.9 Å². The Morgan fingerprint density at radius 3 is 2.35 bits per heavy atom. The van der Waals surface area contributed by atoms with Crippen molar-refractivity contribution in [3.63, 3.8) is 0 Å². The van der Waals surface area contributed by atoms with E-state index in [1.807, 2.05) is 0 Å². The standard InChI is InChI=1S/C15H10F2N2O/c16-10-3-1-9(2-4-10)13-8-14(19-18-13)12-7-11(17)5-6-15(12)20/h1-8,20H,(H,18,19). The van der Waals surface area contributed by atoms with Crippen LogP contribution in [0.1, 0.15) is 0 Å². The molecule has 0 aliphatic heterocycles. The summed E-state index contributed by atoms with van der Waals surface area (Å²) in [6.07, 6.45) is 0. The van der Waals surface area contributed by atoms with Gasteiger partial charge in [-0.1, -0.05) is 0 Å². The molecule has 2 N–H and O–H groups in total. The second kappa shape index (κ2) is 4.77. The Labute approximate surface area is 113 Å². The molecule has 0 aliphatic carbocycles. The maximum atomic E-state index is 13.2. The van der Waals surface area contributed by atoms with Crippen LogP contribution in [0.5, 0.6) is 5.75 Å². The van der Waals surface area contributed by atoms with E-state index in [-0.39, 0.29) is 11.6 Å². The van der Waals surface area contributed by atoms with Gasteiger partial charge in [-0.3, -0.25) is 5.10 Å². The van der Waals surface area contributed by atoms with Gasteiger partial charge in [-0.25, -0.2) is 8.78 Å². The molecule has 2 aromatic carbocycles. The Kier molecular flexibility index (Phi) is 2.95. The number of H-pyrrole nitrogens is 1. The molecule has 0 amide bonds. The number of hydrogen-bond donors (Lipinski definition) is 2. The van der Waals surface area contributed by atoms with Crippen LogP contribution in [-0.2, 0) is 0 Å². The predicted molar refractivity (Wildman–Crippen MR) is 71.0 cm³/mol. The lowest BCUT2D eigenvalue weighted by Gasteiger charge is -2.01. The third kappa shape index (κ3) is 2.25. The van der Waals surface area contributed by atoms with E-state index in [0.29, 0.717) is 17.0 Å². The minimum atomic E-state index is -0.448. The molecule has 0 unspecified atom stereocenters. The van der Waals surface area contributed by atoms with Crippen LogP contribution >= 0.6 is 0 Å².